The maximum atomic E-state index is 13.3. The van der Waals surface area contributed by atoms with E-state index in [0.29, 0.717) is 17.7 Å². The summed E-state index contributed by atoms with van der Waals surface area (Å²) in [6.45, 7) is 8.59. The number of imidazole rings is 1. The van der Waals surface area contributed by atoms with Crippen LogP contribution in [0.2, 0.25) is 0 Å². The number of aromatic nitrogens is 2. The van der Waals surface area contributed by atoms with Gasteiger partial charge in [-0.1, -0.05) is 18.2 Å². The monoisotopic (exact) mass is 476 g/mol. The van der Waals surface area contributed by atoms with E-state index < -0.39 is 10.0 Å². The Morgan fingerprint density at radius 3 is 2.38 bits per heavy atom. The van der Waals surface area contributed by atoms with Crippen LogP contribution in [0, 0.1) is 27.7 Å². The predicted molar refractivity (Wildman–Crippen MR) is 123 cm³/mol. The smallest absolute Gasteiger partial charge is 1.00 e. The van der Waals surface area contributed by atoms with Crippen molar-refractivity contribution in [2.24, 2.45) is 0 Å². The van der Waals surface area contributed by atoms with Crippen LogP contribution >= 0.6 is 0 Å². The molecular formula is C23H29ClN4O3S. The van der Waals surface area contributed by atoms with Gasteiger partial charge in [0.05, 0.1) is 22.5 Å². The fourth-order valence-corrected chi connectivity index (χ4v) is 5.23. The second-order valence-electron chi connectivity index (χ2n) is 7.65. The van der Waals surface area contributed by atoms with Crippen LogP contribution in [-0.2, 0) is 16.6 Å². The number of carbonyl (C=O) groups excluding carboxylic acids is 1. The Hall–Kier alpha value is -2.84. The van der Waals surface area contributed by atoms with Gasteiger partial charge >= 0.3 is 1.43 Å². The number of halogens is 1. The van der Waals surface area contributed by atoms with Gasteiger partial charge in [0.1, 0.15) is 0 Å². The van der Waals surface area contributed by atoms with Crippen LogP contribution in [0.15, 0.2) is 53.9 Å². The summed E-state index contributed by atoms with van der Waals surface area (Å²) in [4.78, 5) is 17.0. The first-order valence-electron chi connectivity index (χ1n) is 10.1. The number of hydrogen-bond acceptors (Lipinski definition) is 4. The van der Waals surface area contributed by atoms with Gasteiger partial charge in [-0.05, 0) is 68.5 Å². The Bertz CT molecular complexity index is 1170. The number of carbonyl (C=O) groups is 1. The van der Waals surface area contributed by atoms with E-state index in [1.54, 1.807) is 50.6 Å². The zero-order valence-electron chi connectivity index (χ0n) is 19.6. The van der Waals surface area contributed by atoms with E-state index in [1.807, 2.05) is 30.7 Å². The molecule has 3 rings (SSSR count). The highest BCUT2D eigenvalue weighted by Crippen LogP contribution is 2.28. The van der Waals surface area contributed by atoms with Crippen LogP contribution in [0.4, 0.5) is 5.69 Å². The minimum atomic E-state index is -3.87. The molecule has 3 aromatic rings. The lowest BCUT2D eigenvalue weighted by atomic mass is 10.0. The molecule has 2 aromatic carbocycles. The van der Waals surface area contributed by atoms with Crippen LogP contribution in [-0.4, -0.2) is 30.4 Å². The Balaban J connectivity index is 0.00000272. The number of benzene rings is 2. The molecule has 0 atom stereocenters. The maximum Gasteiger partial charge on any atom is 1.00 e. The van der Waals surface area contributed by atoms with Gasteiger partial charge < -0.3 is 22.3 Å². The molecular weight excluding hydrogens is 448 g/mol. The SMILES string of the molecule is Cc1cc(C)c(C)c(S(=O)(=O)Nc2ccccc2C(=O)NCCCn2ccnc2)c1C.[Cl-].[H+]. The molecule has 9 heteroatoms. The summed E-state index contributed by atoms with van der Waals surface area (Å²) in [5, 5.41) is 2.86. The fraction of sp³-hybridized carbons (Fsp3) is 0.304. The van der Waals surface area contributed by atoms with Crippen LogP contribution in [0.3, 0.4) is 0 Å². The predicted octanol–water partition coefficient (Wildman–Crippen LogP) is 0.854. The van der Waals surface area contributed by atoms with Gasteiger partial charge in [-0.15, -0.1) is 0 Å². The van der Waals surface area contributed by atoms with Crippen LogP contribution in [0.5, 0.6) is 0 Å². The topological polar surface area (TPSA) is 93.1 Å². The highest BCUT2D eigenvalue weighted by molar-refractivity contribution is 7.92. The molecule has 0 spiro atoms. The average molecular weight is 477 g/mol. The first kappa shape index (κ1) is 25.4. The summed E-state index contributed by atoms with van der Waals surface area (Å²) >= 11 is 0. The fourth-order valence-electron chi connectivity index (χ4n) is 3.53. The van der Waals surface area contributed by atoms with Crippen molar-refractivity contribution in [2.45, 2.75) is 45.6 Å². The molecule has 0 saturated heterocycles. The Morgan fingerprint density at radius 2 is 1.75 bits per heavy atom. The van der Waals surface area contributed by atoms with E-state index in [2.05, 4.69) is 15.0 Å². The number of nitrogens with zero attached hydrogens (tertiary/aromatic N) is 2. The first-order chi connectivity index (χ1) is 14.7. The lowest BCUT2D eigenvalue weighted by molar-refractivity contribution is -0.0000175. The Labute approximate surface area is 197 Å². The van der Waals surface area contributed by atoms with Gasteiger partial charge in [-0.25, -0.2) is 13.4 Å². The van der Waals surface area contributed by atoms with E-state index >= 15 is 0 Å². The number of aryl methyl sites for hydroxylation is 3. The largest absolute Gasteiger partial charge is 1.00 e. The molecule has 32 heavy (non-hydrogen) atoms. The Kier molecular flexibility index (Phi) is 8.46. The number of amides is 1. The molecule has 172 valence electrons. The van der Waals surface area contributed by atoms with Gasteiger partial charge in [0.15, 0.2) is 0 Å². The van der Waals surface area contributed by atoms with E-state index in [1.165, 1.54) is 0 Å². The molecule has 1 heterocycles. The molecule has 0 saturated carbocycles. The normalized spacial score (nSPS) is 11.0. The third-order valence-electron chi connectivity index (χ3n) is 5.42. The van der Waals surface area contributed by atoms with Crippen molar-refractivity contribution in [3.63, 3.8) is 0 Å². The summed E-state index contributed by atoms with van der Waals surface area (Å²) < 4.78 is 31.1. The second-order valence-corrected chi connectivity index (χ2v) is 9.27. The molecule has 0 radical (unpaired) electrons. The van der Waals surface area contributed by atoms with Gasteiger partial charge in [0, 0.05) is 25.5 Å². The number of sulfonamides is 1. The van der Waals surface area contributed by atoms with Crippen molar-refractivity contribution >= 4 is 21.6 Å². The van der Waals surface area contributed by atoms with Crippen molar-refractivity contribution in [2.75, 3.05) is 11.3 Å². The highest BCUT2D eigenvalue weighted by Gasteiger charge is 2.24. The molecule has 0 unspecified atom stereocenters. The zero-order valence-corrected chi connectivity index (χ0v) is 20.2. The number of nitrogens with one attached hydrogen (secondary N) is 2. The van der Waals surface area contributed by atoms with E-state index in [9.17, 15) is 13.2 Å². The average Bonchev–Trinajstić information content (AvgIpc) is 3.23. The van der Waals surface area contributed by atoms with Crippen LogP contribution in [0.25, 0.3) is 0 Å². The van der Waals surface area contributed by atoms with Crippen LogP contribution < -0.4 is 22.4 Å². The summed E-state index contributed by atoms with van der Waals surface area (Å²) in [6.07, 6.45) is 6.03. The maximum absolute atomic E-state index is 13.3. The lowest BCUT2D eigenvalue weighted by Gasteiger charge is -2.18. The number of hydrogen-bond donors (Lipinski definition) is 2. The first-order valence-corrected chi connectivity index (χ1v) is 11.6. The second kappa shape index (κ2) is 10.7. The van der Waals surface area contributed by atoms with Crippen molar-refractivity contribution in [3.8, 4) is 0 Å². The van der Waals surface area contributed by atoms with E-state index in [0.717, 1.165) is 24.1 Å². The summed E-state index contributed by atoms with van der Waals surface area (Å²) in [5.41, 5.74) is 3.77. The molecule has 7 nitrogen and oxygen atoms in total. The molecule has 1 amide bonds. The van der Waals surface area contributed by atoms with Crippen molar-refractivity contribution < 1.29 is 27.0 Å². The van der Waals surface area contributed by atoms with Gasteiger partial charge in [0.2, 0.25) is 0 Å². The minimum absolute atomic E-state index is 0. The number of rotatable bonds is 8. The number of anilines is 1. The minimum Gasteiger partial charge on any atom is -1.00 e. The van der Waals surface area contributed by atoms with Crippen molar-refractivity contribution in [1.82, 2.24) is 14.9 Å². The summed E-state index contributed by atoms with van der Waals surface area (Å²) in [7, 11) is -3.87. The molecule has 0 aliphatic heterocycles. The van der Waals surface area contributed by atoms with Crippen LogP contribution in [0.1, 0.15) is 40.5 Å². The van der Waals surface area contributed by atoms with Crippen molar-refractivity contribution in [3.05, 3.63) is 76.9 Å². The standard InChI is InChI=1S/C23H28N4O3S.ClH/c1-16-14-17(2)19(4)22(18(16)3)31(29,30)26-21-9-6-5-8-20(21)23(28)25-10-7-12-27-13-11-24-15-27;/h5-6,8-9,11,13-15,26H,7,10,12H2,1-4H3,(H,25,28);1H. The molecule has 0 aliphatic carbocycles. The zero-order chi connectivity index (χ0) is 22.6. The van der Waals surface area contributed by atoms with E-state index in [4.69, 9.17) is 0 Å². The third kappa shape index (κ3) is 5.69. The third-order valence-corrected chi connectivity index (χ3v) is 7.06. The van der Waals surface area contributed by atoms with Gasteiger partial charge in [0.25, 0.3) is 15.9 Å². The molecule has 0 fully saturated rings. The lowest BCUT2D eigenvalue weighted by Crippen LogP contribution is -3.00. The Morgan fingerprint density at radius 1 is 1.09 bits per heavy atom. The van der Waals surface area contributed by atoms with Gasteiger partial charge in [-0.3, -0.25) is 9.52 Å². The molecule has 1 aromatic heterocycles. The summed E-state index contributed by atoms with van der Waals surface area (Å²) in [6, 6.07) is 8.62. The van der Waals surface area contributed by atoms with E-state index in [-0.39, 0.29) is 35.9 Å². The number of para-hydroxylation sites is 1. The van der Waals surface area contributed by atoms with Crippen molar-refractivity contribution in [1.29, 1.82) is 0 Å². The summed E-state index contributed by atoms with van der Waals surface area (Å²) in [5.74, 6) is -0.321. The molecule has 0 bridgehead atoms. The van der Waals surface area contributed by atoms with Gasteiger partial charge in [-0.2, -0.15) is 0 Å². The quantitative estimate of drug-likeness (QED) is 0.471. The molecule has 0 aliphatic rings. The molecule has 2 N–H and O–H groups in total. The highest BCUT2D eigenvalue weighted by atomic mass is 35.5.